The Kier molecular flexibility index (Phi) is 6.23. The van der Waals surface area contributed by atoms with E-state index in [1.165, 1.54) is 10.7 Å². The summed E-state index contributed by atoms with van der Waals surface area (Å²) >= 11 is 0. The Morgan fingerprint density at radius 1 is 1.25 bits per heavy atom. The first-order valence-electron chi connectivity index (χ1n) is 9.07. The van der Waals surface area contributed by atoms with Crippen molar-refractivity contribution in [1.29, 1.82) is 0 Å². The van der Waals surface area contributed by atoms with Crippen molar-refractivity contribution in [2.75, 3.05) is 0 Å². The van der Waals surface area contributed by atoms with E-state index in [-0.39, 0.29) is 5.56 Å². The minimum absolute atomic E-state index is 0.162. The molecule has 0 aliphatic rings. The van der Waals surface area contributed by atoms with E-state index in [4.69, 9.17) is 4.74 Å². The third-order valence-electron chi connectivity index (χ3n) is 3.96. The van der Waals surface area contributed by atoms with Crippen LogP contribution >= 0.6 is 0 Å². The largest absolute Gasteiger partial charge is 0.442 e. The summed E-state index contributed by atoms with van der Waals surface area (Å²) in [5.74, 6) is 0. The summed E-state index contributed by atoms with van der Waals surface area (Å²) in [4.78, 5) is 24.9. The molecule has 0 fully saturated rings. The van der Waals surface area contributed by atoms with Gasteiger partial charge in [-0.2, -0.15) is 9.78 Å². The molecule has 6 heteroatoms. The van der Waals surface area contributed by atoms with Crippen molar-refractivity contribution >= 4 is 11.8 Å². The van der Waals surface area contributed by atoms with E-state index in [1.54, 1.807) is 35.9 Å². The molecule has 0 saturated carbocycles. The lowest BCUT2D eigenvalue weighted by Crippen LogP contribution is -2.28. The van der Waals surface area contributed by atoms with Crippen molar-refractivity contribution in [2.45, 2.75) is 47.1 Å². The Morgan fingerprint density at radius 3 is 2.50 bits per heavy atom. The molecule has 2 aromatic rings. The SMILES string of the molecule is C=C/C=C(\C=C/C)n1cc(-c2c(C)nn(C(=O)OC(C)(C)C)c2C)ccc1=O. The van der Waals surface area contributed by atoms with Crippen LogP contribution in [-0.4, -0.2) is 26.0 Å². The lowest BCUT2D eigenvalue weighted by atomic mass is 10.1. The monoisotopic (exact) mass is 381 g/mol. The number of hydrogen-bond acceptors (Lipinski definition) is 4. The molecule has 148 valence electrons. The van der Waals surface area contributed by atoms with E-state index in [1.807, 2.05) is 46.8 Å². The van der Waals surface area contributed by atoms with Gasteiger partial charge in [0, 0.05) is 29.1 Å². The van der Waals surface area contributed by atoms with Crippen LogP contribution in [-0.2, 0) is 4.74 Å². The fourth-order valence-electron chi connectivity index (χ4n) is 2.89. The van der Waals surface area contributed by atoms with Gasteiger partial charge in [0.05, 0.1) is 11.4 Å². The maximum Gasteiger partial charge on any atom is 0.435 e. The third-order valence-corrected chi connectivity index (χ3v) is 3.96. The summed E-state index contributed by atoms with van der Waals surface area (Å²) in [5, 5.41) is 4.35. The summed E-state index contributed by atoms with van der Waals surface area (Å²) in [6, 6.07) is 3.23. The number of allylic oxidation sites excluding steroid dienone is 5. The summed E-state index contributed by atoms with van der Waals surface area (Å²) < 4.78 is 8.23. The molecule has 28 heavy (non-hydrogen) atoms. The molecule has 0 saturated heterocycles. The molecule has 6 nitrogen and oxygen atoms in total. The number of pyridine rings is 1. The fraction of sp³-hybridized carbons (Fsp3) is 0.318. The van der Waals surface area contributed by atoms with Gasteiger partial charge in [0.25, 0.3) is 5.56 Å². The number of hydrogen-bond donors (Lipinski definition) is 0. The van der Waals surface area contributed by atoms with Crippen LogP contribution in [0.4, 0.5) is 4.79 Å². The van der Waals surface area contributed by atoms with E-state index in [2.05, 4.69) is 11.7 Å². The van der Waals surface area contributed by atoms with E-state index in [0.717, 1.165) is 11.1 Å². The first kappa shape index (κ1) is 21.2. The molecule has 0 aliphatic carbocycles. The number of carbonyl (C=O) groups is 1. The molecule has 0 spiro atoms. The van der Waals surface area contributed by atoms with Crippen LogP contribution in [0.1, 0.15) is 39.1 Å². The average molecular weight is 381 g/mol. The van der Waals surface area contributed by atoms with Gasteiger partial charge in [0.1, 0.15) is 5.60 Å². The van der Waals surface area contributed by atoms with Crippen LogP contribution in [0, 0.1) is 13.8 Å². The molecule has 0 atom stereocenters. The van der Waals surface area contributed by atoms with Crippen LogP contribution in [0.3, 0.4) is 0 Å². The molecule has 0 N–H and O–H groups in total. The third kappa shape index (κ3) is 4.57. The summed E-state index contributed by atoms with van der Waals surface area (Å²) in [5.41, 5.74) is 2.81. The quantitative estimate of drug-likeness (QED) is 0.719. The molecule has 0 aliphatic heterocycles. The topological polar surface area (TPSA) is 66.1 Å². The number of nitrogens with zero attached hydrogens (tertiary/aromatic N) is 3. The molecule has 0 radical (unpaired) electrons. The zero-order valence-corrected chi connectivity index (χ0v) is 17.3. The molecule has 0 unspecified atom stereocenters. The lowest BCUT2D eigenvalue weighted by molar-refractivity contribution is 0.0510. The number of aromatic nitrogens is 3. The maximum atomic E-state index is 12.5. The van der Waals surface area contributed by atoms with Gasteiger partial charge in [-0.15, -0.1) is 0 Å². The van der Waals surface area contributed by atoms with E-state index in [9.17, 15) is 9.59 Å². The Morgan fingerprint density at radius 2 is 1.93 bits per heavy atom. The van der Waals surface area contributed by atoms with Gasteiger partial charge < -0.3 is 4.74 Å². The standard InChI is InChI=1S/C22H27N3O3/c1-8-10-18(11-9-2)24-14-17(12-13-19(24)26)20-15(3)23-25(16(20)4)21(27)28-22(5,6)7/h8-14H,1H2,2-7H3/b11-9-,18-10+. The van der Waals surface area contributed by atoms with Crippen LogP contribution < -0.4 is 5.56 Å². The first-order chi connectivity index (χ1) is 13.1. The lowest BCUT2D eigenvalue weighted by Gasteiger charge is -2.19. The predicted octanol–water partition coefficient (Wildman–Crippen LogP) is 4.71. The van der Waals surface area contributed by atoms with Gasteiger partial charge in [-0.05, 0) is 59.8 Å². The van der Waals surface area contributed by atoms with Crippen molar-refractivity contribution in [2.24, 2.45) is 0 Å². The van der Waals surface area contributed by atoms with Crippen molar-refractivity contribution < 1.29 is 9.53 Å². The minimum Gasteiger partial charge on any atom is -0.442 e. The molecule has 2 heterocycles. The van der Waals surface area contributed by atoms with Gasteiger partial charge >= 0.3 is 6.09 Å². The van der Waals surface area contributed by atoms with Crippen LogP contribution in [0.15, 0.2) is 54.0 Å². The summed E-state index contributed by atoms with van der Waals surface area (Å²) in [7, 11) is 0. The maximum absolute atomic E-state index is 12.5. The first-order valence-corrected chi connectivity index (χ1v) is 9.07. The second-order valence-corrected chi connectivity index (χ2v) is 7.39. The van der Waals surface area contributed by atoms with Crippen molar-refractivity contribution in [3.8, 4) is 11.1 Å². The van der Waals surface area contributed by atoms with E-state index >= 15 is 0 Å². The highest BCUT2D eigenvalue weighted by Gasteiger charge is 2.23. The summed E-state index contributed by atoms with van der Waals surface area (Å²) in [6.45, 7) is 14.6. The predicted molar refractivity (Wildman–Crippen MR) is 112 cm³/mol. The number of rotatable bonds is 4. The Labute approximate surface area is 165 Å². The molecular formula is C22H27N3O3. The molecule has 2 rings (SSSR count). The van der Waals surface area contributed by atoms with Gasteiger partial charge in [-0.25, -0.2) is 4.79 Å². The van der Waals surface area contributed by atoms with Gasteiger partial charge in [-0.1, -0.05) is 18.7 Å². The number of carbonyl (C=O) groups excluding carboxylic acids is 1. The highest BCUT2D eigenvalue weighted by atomic mass is 16.6. The highest BCUT2D eigenvalue weighted by Crippen LogP contribution is 2.27. The van der Waals surface area contributed by atoms with Gasteiger partial charge in [-0.3, -0.25) is 9.36 Å². The summed E-state index contributed by atoms with van der Waals surface area (Å²) in [6.07, 6.45) is 8.28. The Bertz CT molecular complexity index is 1010. The normalized spacial score (nSPS) is 12.4. The molecule has 0 bridgehead atoms. The highest BCUT2D eigenvalue weighted by molar-refractivity contribution is 5.77. The Balaban J connectivity index is 2.59. The molecular weight excluding hydrogens is 354 g/mol. The van der Waals surface area contributed by atoms with E-state index in [0.29, 0.717) is 17.1 Å². The van der Waals surface area contributed by atoms with Crippen molar-refractivity contribution in [1.82, 2.24) is 14.3 Å². The molecule has 2 aromatic heterocycles. The Hall–Kier alpha value is -3.15. The van der Waals surface area contributed by atoms with Crippen LogP contribution in [0.2, 0.25) is 0 Å². The second-order valence-electron chi connectivity index (χ2n) is 7.39. The zero-order valence-electron chi connectivity index (χ0n) is 17.3. The smallest absolute Gasteiger partial charge is 0.435 e. The molecule has 0 aromatic carbocycles. The molecule has 0 amide bonds. The number of ether oxygens (including phenoxy) is 1. The number of aryl methyl sites for hydroxylation is 1. The van der Waals surface area contributed by atoms with E-state index < -0.39 is 11.7 Å². The zero-order chi connectivity index (χ0) is 21.1. The second kappa shape index (κ2) is 8.25. The fourth-order valence-corrected chi connectivity index (χ4v) is 2.89. The average Bonchev–Trinajstić information content (AvgIpc) is 2.89. The van der Waals surface area contributed by atoms with Gasteiger partial charge in [0.2, 0.25) is 0 Å². The van der Waals surface area contributed by atoms with Crippen LogP contribution in [0.5, 0.6) is 0 Å². The van der Waals surface area contributed by atoms with Gasteiger partial charge in [0.15, 0.2) is 0 Å². The van der Waals surface area contributed by atoms with Crippen molar-refractivity contribution in [3.05, 3.63) is 71.0 Å². The van der Waals surface area contributed by atoms with Crippen molar-refractivity contribution in [3.63, 3.8) is 0 Å². The van der Waals surface area contributed by atoms with Crippen LogP contribution in [0.25, 0.3) is 16.8 Å². The minimum atomic E-state index is -0.617.